The topological polar surface area (TPSA) is 83.0 Å². The SMILES string of the molecule is CC(C)c1nc(CCCOC(N)=O)n(Cc2cnc3ccccc3c2)c1Sc1cc(Cl)cc(Cl)c1. The second kappa shape index (κ2) is 11.3. The van der Waals surface area contributed by atoms with Gasteiger partial charge in [0, 0.05) is 32.9 Å². The van der Waals surface area contributed by atoms with Gasteiger partial charge in [0.05, 0.1) is 24.4 Å². The molecular formula is C26H26Cl2N4O2S. The summed E-state index contributed by atoms with van der Waals surface area (Å²) in [6, 6.07) is 15.7. The normalized spacial score (nSPS) is 11.3. The number of para-hydroxylation sites is 1. The number of primary amides is 1. The standard InChI is InChI=1S/C26H26Cl2N4O2S/c1-16(2)24-25(35-21-12-19(27)11-20(28)13-21)32(23(31-24)8-5-9-34-26(29)33)15-17-10-18-6-3-4-7-22(18)30-14-17/h3-4,6-7,10-14,16H,5,8-9,15H2,1-2H3,(H2,29,33). The molecule has 2 aromatic heterocycles. The summed E-state index contributed by atoms with van der Waals surface area (Å²) in [5.74, 6) is 1.11. The van der Waals surface area contributed by atoms with E-state index in [4.69, 9.17) is 38.7 Å². The molecule has 6 nitrogen and oxygen atoms in total. The van der Waals surface area contributed by atoms with Crippen molar-refractivity contribution in [1.29, 1.82) is 0 Å². The largest absolute Gasteiger partial charge is 0.450 e. The number of aromatic nitrogens is 3. The molecule has 0 saturated heterocycles. The number of nitrogens with two attached hydrogens (primary N) is 1. The number of rotatable bonds is 9. The maximum absolute atomic E-state index is 11.0. The molecule has 0 aliphatic rings. The Balaban J connectivity index is 1.74. The Kier molecular flexibility index (Phi) is 8.21. The minimum Gasteiger partial charge on any atom is -0.450 e. The van der Waals surface area contributed by atoms with Crippen LogP contribution in [0.3, 0.4) is 0 Å². The number of fused-ring (bicyclic) bond motifs is 1. The van der Waals surface area contributed by atoms with E-state index in [1.165, 1.54) is 0 Å². The van der Waals surface area contributed by atoms with Gasteiger partial charge in [0.25, 0.3) is 0 Å². The first-order valence-corrected chi connectivity index (χ1v) is 12.9. The van der Waals surface area contributed by atoms with E-state index in [-0.39, 0.29) is 12.5 Å². The Morgan fingerprint density at radius 2 is 1.89 bits per heavy atom. The number of carbonyl (C=O) groups is 1. The quantitative estimate of drug-likeness (QED) is 0.234. The lowest BCUT2D eigenvalue weighted by Gasteiger charge is -2.14. The van der Waals surface area contributed by atoms with Gasteiger partial charge in [0.15, 0.2) is 0 Å². The van der Waals surface area contributed by atoms with Gasteiger partial charge in [-0.3, -0.25) is 4.98 Å². The van der Waals surface area contributed by atoms with Crippen LogP contribution in [-0.4, -0.2) is 27.2 Å². The van der Waals surface area contributed by atoms with Crippen molar-refractivity contribution < 1.29 is 9.53 Å². The number of benzene rings is 2. The molecule has 0 atom stereocenters. The van der Waals surface area contributed by atoms with E-state index in [9.17, 15) is 4.79 Å². The Hall–Kier alpha value is -2.74. The Morgan fingerprint density at radius 1 is 1.14 bits per heavy atom. The molecule has 2 heterocycles. The van der Waals surface area contributed by atoms with E-state index < -0.39 is 6.09 Å². The molecule has 182 valence electrons. The summed E-state index contributed by atoms with van der Waals surface area (Å²) in [5.41, 5.74) is 8.13. The van der Waals surface area contributed by atoms with Gasteiger partial charge in [0.1, 0.15) is 10.9 Å². The Morgan fingerprint density at radius 3 is 2.60 bits per heavy atom. The molecule has 0 spiro atoms. The molecule has 0 fully saturated rings. The zero-order valence-corrected chi connectivity index (χ0v) is 21.8. The lowest BCUT2D eigenvalue weighted by molar-refractivity contribution is 0.155. The maximum Gasteiger partial charge on any atom is 0.404 e. The molecule has 4 aromatic rings. The van der Waals surface area contributed by atoms with Crippen LogP contribution < -0.4 is 5.73 Å². The van der Waals surface area contributed by atoms with Gasteiger partial charge >= 0.3 is 6.09 Å². The van der Waals surface area contributed by atoms with Crippen LogP contribution in [0.15, 0.2) is 64.6 Å². The summed E-state index contributed by atoms with van der Waals surface area (Å²) < 4.78 is 7.15. The van der Waals surface area contributed by atoms with Gasteiger partial charge in [0.2, 0.25) is 0 Å². The van der Waals surface area contributed by atoms with Crippen LogP contribution >= 0.6 is 35.0 Å². The number of ether oxygens (including phenoxy) is 1. The second-order valence-corrected chi connectivity index (χ2v) is 10.4. The highest BCUT2D eigenvalue weighted by atomic mass is 35.5. The van der Waals surface area contributed by atoms with Crippen molar-refractivity contribution in [2.75, 3.05) is 6.61 Å². The van der Waals surface area contributed by atoms with Gasteiger partial charge < -0.3 is 15.0 Å². The molecule has 1 amide bonds. The van der Waals surface area contributed by atoms with Crippen molar-refractivity contribution >= 4 is 52.0 Å². The Labute approximate surface area is 218 Å². The van der Waals surface area contributed by atoms with Crippen molar-refractivity contribution in [3.63, 3.8) is 0 Å². The summed E-state index contributed by atoms with van der Waals surface area (Å²) in [5, 5.41) is 3.28. The van der Waals surface area contributed by atoms with E-state index in [2.05, 4.69) is 35.5 Å². The molecule has 9 heteroatoms. The van der Waals surface area contributed by atoms with Gasteiger partial charge in [-0.05, 0) is 48.2 Å². The van der Waals surface area contributed by atoms with E-state index in [0.29, 0.717) is 29.4 Å². The van der Waals surface area contributed by atoms with Crippen LogP contribution in [-0.2, 0) is 17.7 Å². The molecule has 35 heavy (non-hydrogen) atoms. The molecule has 0 aliphatic heterocycles. The van der Waals surface area contributed by atoms with Crippen LogP contribution in [0.4, 0.5) is 4.79 Å². The predicted octanol–water partition coefficient (Wildman–Crippen LogP) is 7.09. The lowest BCUT2D eigenvalue weighted by Crippen LogP contribution is -2.14. The smallest absolute Gasteiger partial charge is 0.404 e. The van der Waals surface area contributed by atoms with Gasteiger partial charge in [-0.15, -0.1) is 0 Å². The number of amides is 1. The van der Waals surface area contributed by atoms with Gasteiger partial charge in [-0.2, -0.15) is 0 Å². The third-order valence-electron chi connectivity index (χ3n) is 5.40. The number of hydrogen-bond acceptors (Lipinski definition) is 5. The zero-order chi connectivity index (χ0) is 24.9. The summed E-state index contributed by atoms with van der Waals surface area (Å²) in [7, 11) is 0. The lowest BCUT2D eigenvalue weighted by atomic mass is 10.1. The summed E-state index contributed by atoms with van der Waals surface area (Å²) >= 11 is 14.1. The number of nitrogens with zero attached hydrogens (tertiary/aromatic N) is 3. The van der Waals surface area contributed by atoms with Crippen LogP contribution in [0, 0.1) is 0 Å². The summed E-state index contributed by atoms with van der Waals surface area (Å²) in [6.07, 6.45) is 2.38. The molecule has 0 aliphatic carbocycles. The molecule has 2 aromatic carbocycles. The molecular weight excluding hydrogens is 503 g/mol. The van der Waals surface area contributed by atoms with Crippen LogP contribution in [0.1, 0.15) is 43.3 Å². The first-order valence-electron chi connectivity index (χ1n) is 11.3. The van der Waals surface area contributed by atoms with Crippen molar-refractivity contribution in [3.8, 4) is 0 Å². The number of imidazole rings is 1. The fourth-order valence-electron chi connectivity index (χ4n) is 3.83. The van der Waals surface area contributed by atoms with Crippen LogP contribution in [0.5, 0.6) is 0 Å². The number of pyridine rings is 1. The zero-order valence-electron chi connectivity index (χ0n) is 19.5. The monoisotopic (exact) mass is 528 g/mol. The minimum absolute atomic E-state index is 0.198. The van der Waals surface area contributed by atoms with Crippen molar-refractivity contribution in [1.82, 2.24) is 14.5 Å². The third kappa shape index (κ3) is 6.48. The van der Waals surface area contributed by atoms with Crippen molar-refractivity contribution in [2.24, 2.45) is 5.73 Å². The molecule has 4 rings (SSSR count). The summed E-state index contributed by atoms with van der Waals surface area (Å²) in [6.45, 7) is 5.09. The predicted molar refractivity (Wildman–Crippen MR) is 142 cm³/mol. The second-order valence-electron chi connectivity index (χ2n) is 8.47. The molecule has 0 saturated carbocycles. The fraction of sp³-hybridized carbons (Fsp3) is 0.269. The van der Waals surface area contributed by atoms with Gasteiger partial charge in [-0.1, -0.05) is 67.0 Å². The first kappa shape index (κ1) is 25.4. The molecule has 0 bridgehead atoms. The highest BCUT2D eigenvalue weighted by molar-refractivity contribution is 7.99. The highest BCUT2D eigenvalue weighted by Crippen LogP contribution is 2.38. The van der Waals surface area contributed by atoms with Crippen molar-refractivity contribution in [3.05, 3.63) is 81.9 Å². The number of halogens is 2. The number of carbonyl (C=O) groups excluding carboxylic acids is 1. The maximum atomic E-state index is 11.0. The average molecular weight is 529 g/mol. The van der Waals surface area contributed by atoms with Crippen LogP contribution in [0.25, 0.3) is 10.9 Å². The van der Waals surface area contributed by atoms with Crippen molar-refractivity contribution in [2.45, 2.75) is 49.1 Å². The third-order valence-corrected chi connectivity index (χ3v) is 6.93. The number of hydrogen-bond donors (Lipinski definition) is 1. The average Bonchev–Trinajstić information content (AvgIpc) is 3.13. The number of aryl methyl sites for hydroxylation is 1. The first-order chi connectivity index (χ1) is 16.8. The fourth-order valence-corrected chi connectivity index (χ4v) is 5.74. The Bertz CT molecular complexity index is 1340. The van der Waals surface area contributed by atoms with E-state index in [1.54, 1.807) is 17.8 Å². The van der Waals surface area contributed by atoms with E-state index in [0.717, 1.165) is 37.9 Å². The van der Waals surface area contributed by atoms with E-state index in [1.807, 2.05) is 36.5 Å². The molecule has 0 unspecified atom stereocenters. The molecule has 0 radical (unpaired) electrons. The summed E-state index contributed by atoms with van der Waals surface area (Å²) in [4.78, 5) is 21.6. The van der Waals surface area contributed by atoms with E-state index >= 15 is 0 Å². The minimum atomic E-state index is -0.771. The van der Waals surface area contributed by atoms with Gasteiger partial charge in [-0.25, -0.2) is 9.78 Å². The van der Waals surface area contributed by atoms with Crippen LogP contribution in [0.2, 0.25) is 10.0 Å². The highest BCUT2D eigenvalue weighted by Gasteiger charge is 2.21. The molecule has 2 N–H and O–H groups in total.